The molecule has 0 bridgehead atoms. The minimum Gasteiger partial charge on any atom is -0.394 e. The Kier molecular flexibility index (Phi) is 3.31. The quantitative estimate of drug-likeness (QED) is 0.796. The molecule has 0 spiro atoms. The largest absolute Gasteiger partial charge is 0.394 e. The Balaban J connectivity index is 2.30. The van der Waals surface area contributed by atoms with Crippen molar-refractivity contribution in [3.63, 3.8) is 0 Å². The number of aryl methyl sites for hydroxylation is 2. The Morgan fingerprint density at radius 2 is 2.22 bits per heavy atom. The van der Waals surface area contributed by atoms with Crippen LogP contribution in [0.25, 0.3) is 0 Å². The molecule has 0 saturated carbocycles. The summed E-state index contributed by atoms with van der Waals surface area (Å²) in [5, 5.41) is 6.45. The SMILES string of the molecule is CCc1ccc(S(=O)(=O)Nc2n[nH]c(C)c2N)s1. The zero-order valence-electron chi connectivity index (χ0n) is 10.0. The summed E-state index contributed by atoms with van der Waals surface area (Å²) in [4.78, 5) is 1.02. The third-order valence-corrected chi connectivity index (χ3v) is 5.54. The van der Waals surface area contributed by atoms with Crippen molar-refractivity contribution in [2.24, 2.45) is 0 Å². The molecule has 0 saturated heterocycles. The molecule has 0 radical (unpaired) electrons. The molecule has 18 heavy (non-hydrogen) atoms. The van der Waals surface area contributed by atoms with Crippen LogP contribution < -0.4 is 10.5 Å². The standard InChI is InChI=1S/C10H14N4O2S2/c1-3-7-4-5-8(17-7)18(15,16)14-10-9(11)6(2)12-13-10/h4-5H,3,11H2,1-2H3,(H2,12,13,14). The summed E-state index contributed by atoms with van der Waals surface area (Å²) < 4.78 is 26.8. The molecule has 4 N–H and O–H groups in total. The zero-order valence-corrected chi connectivity index (χ0v) is 11.7. The molecular formula is C10H14N4O2S2. The molecule has 0 atom stereocenters. The monoisotopic (exact) mass is 286 g/mol. The number of nitrogens with one attached hydrogen (secondary N) is 2. The Hall–Kier alpha value is -1.54. The van der Waals surface area contributed by atoms with Crippen molar-refractivity contribution in [2.45, 2.75) is 24.5 Å². The summed E-state index contributed by atoms with van der Waals surface area (Å²) in [6, 6.07) is 3.39. The number of rotatable bonds is 4. The molecule has 98 valence electrons. The minimum absolute atomic E-state index is 0.138. The number of aromatic amines is 1. The van der Waals surface area contributed by atoms with E-state index in [0.29, 0.717) is 11.4 Å². The van der Waals surface area contributed by atoms with Crippen molar-refractivity contribution in [3.05, 3.63) is 22.7 Å². The predicted molar refractivity (Wildman–Crippen MR) is 72.2 cm³/mol. The molecular weight excluding hydrogens is 272 g/mol. The van der Waals surface area contributed by atoms with Gasteiger partial charge in [0.05, 0.1) is 11.4 Å². The average Bonchev–Trinajstić information content (AvgIpc) is 2.91. The van der Waals surface area contributed by atoms with Gasteiger partial charge in [-0.2, -0.15) is 5.10 Å². The van der Waals surface area contributed by atoms with Crippen molar-refractivity contribution >= 4 is 32.9 Å². The highest BCUT2D eigenvalue weighted by atomic mass is 32.2. The van der Waals surface area contributed by atoms with Crippen LogP contribution in [-0.4, -0.2) is 18.6 Å². The maximum Gasteiger partial charge on any atom is 0.272 e. The first kappa shape index (κ1) is 12.9. The number of thiophene rings is 1. The molecule has 6 nitrogen and oxygen atoms in total. The molecule has 0 amide bonds. The molecule has 0 aliphatic rings. The maximum absolute atomic E-state index is 12.1. The zero-order chi connectivity index (χ0) is 13.3. The number of nitrogens with two attached hydrogens (primary N) is 1. The van der Waals surface area contributed by atoms with Crippen LogP contribution in [0, 0.1) is 6.92 Å². The smallest absolute Gasteiger partial charge is 0.272 e. The lowest BCUT2D eigenvalue weighted by Gasteiger charge is -2.03. The number of H-pyrrole nitrogens is 1. The van der Waals surface area contributed by atoms with Crippen molar-refractivity contribution in [3.8, 4) is 0 Å². The van der Waals surface area contributed by atoms with Gasteiger partial charge in [0, 0.05) is 4.88 Å². The third-order valence-electron chi connectivity index (χ3n) is 2.48. The van der Waals surface area contributed by atoms with E-state index in [1.54, 1.807) is 19.1 Å². The van der Waals surface area contributed by atoms with E-state index < -0.39 is 10.0 Å². The molecule has 0 unspecified atom stereocenters. The highest BCUT2D eigenvalue weighted by molar-refractivity contribution is 7.94. The van der Waals surface area contributed by atoms with Gasteiger partial charge < -0.3 is 5.73 Å². The van der Waals surface area contributed by atoms with Crippen LogP contribution in [0.4, 0.5) is 11.5 Å². The Morgan fingerprint density at radius 1 is 1.50 bits per heavy atom. The molecule has 0 aromatic carbocycles. The second-order valence-electron chi connectivity index (χ2n) is 3.79. The van der Waals surface area contributed by atoms with Gasteiger partial charge in [0.2, 0.25) is 0 Å². The van der Waals surface area contributed by atoms with Gasteiger partial charge in [-0.3, -0.25) is 9.82 Å². The van der Waals surface area contributed by atoms with Gasteiger partial charge in [-0.25, -0.2) is 8.42 Å². The Morgan fingerprint density at radius 3 is 2.72 bits per heavy atom. The van der Waals surface area contributed by atoms with E-state index in [-0.39, 0.29) is 10.0 Å². The fraction of sp³-hybridized carbons (Fsp3) is 0.300. The summed E-state index contributed by atoms with van der Waals surface area (Å²) in [5.41, 5.74) is 6.65. The van der Waals surface area contributed by atoms with Crippen LogP contribution in [0.2, 0.25) is 0 Å². The summed E-state index contributed by atoms with van der Waals surface area (Å²) >= 11 is 1.24. The van der Waals surface area contributed by atoms with Gasteiger partial charge >= 0.3 is 0 Å². The molecule has 2 aromatic heterocycles. The fourth-order valence-corrected chi connectivity index (χ4v) is 3.70. The highest BCUT2D eigenvalue weighted by Gasteiger charge is 2.19. The van der Waals surface area contributed by atoms with Crippen LogP contribution in [0.3, 0.4) is 0 Å². The van der Waals surface area contributed by atoms with E-state index in [1.165, 1.54) is 11.3 Å². The van der Waals surface area contributed by atoms with Gasteiger partial charge in [0.15, 0.2) is 5.82 Å². The number of nitrogens with zero attached hydrogens (tertiary/aromatic N) is 1. The highest BCUT2D eigenvalue weighted by Crippen LogP contribution is 2.26. The molecule has 2 rings (SSSR count). The Labute approximate surface area is 109 Å². The van der Waals surface area contributed by atoms with Crippen molar-refractivity contribution in [1.29, 1.82) is 0 Å². The van der Waals surface area contributed by atoms with E-state index in [2.05, 4.69) is 14.9 Å². The molecule has 2 heterocycles. The molecule has 2 aromatic rings. The van der Waals surface area contributed by atoms with Gasteiger partial charge in [-0.1, -0.05) is 6.92 Å². The predicted octanol–water partition coefficient (Wildman–Crippen LogP) is 1.73. The number of aromatic nitrogens is 2. The summed E-state index contributed by atoms with van der Waals surface area (Å²) in [5.74, 6) is 0.138. The van der Waals surface area contributed by atoms with Crippen LogP contribution in [0.5, 0.6) is 0 Å². The first-order valence-corrected chi connectivity index (χ1v) is 7.66. The second kappa shape index (κ2) is 4.62. The summed E-state index contributed by atoms with van der Waals surface area (Å²) in [6.07, 6.45) is 0.809. The van der Waals surface area contributed by atoms with E-state index in [0.717, 1.165) is 11.3 Å². The first-order chi connectivity index (χ1) is 8.44. The van der Waals surface area contributed by atoms with E-state index in [1.807, 2.05) is 6.92 Å². The normalized spacial score (nSPS) is 11.7. The minimum atomic E-state index is -3.61. The average molecular weight is 286 g/mol. The lowest BCUT2D eigenvalue weighted by molar-refractivity contribution is 0.603. The van der Waals surface area contributed by atoms with E-state index in [4.69, 9.17) is 5.73 Å². The van der Waals surface area contributed by atoms with Gasteiger partial charge in [-0.05, 0) is 25.5 Å². The van der Waals surface area contributed by atoms with Crippen LogP contribution >= 0.6 is 11.3 Å². The van der Waals surface area contributed by atoms with Crippen molar-refractivity contribution < 1.29 is 8.42 Å². The van der Waals surface area contributed by atoms with Crippen molar-refractivity contribution in [1.82, 2.24) is 10.2 Å². The first-order valence-electron chi connectivity index (χ1n) is 5.36. The topological polar surface area (TPSA) is 101 Å². The lowest BCUT2D eigenvalue weighted by Crippen LogP contribution is -2.12. The number of anilines is 2. The fourth-order valence-electron chi connectivity index (χ4n) is 1.39. The summed E-state index contributed by atoms with van der Waals surface area (Å²) in [7, 11) is -3.61. The molecule has 0 aliphatic heterocycles. The molecule has 8 heteroatoms. The third kappa shape index (κ3) is 2.34. The lowest BCUT2D eigenvalue weighted by atomic mass is 10.4. The maximum atomic E-state index is 12.1. The van der Waals surface area contributed by atoms with E-state index >= 15 is 0 Å². The Bertz CT molecular complexity index is 657. The van der Waals surface area contributed by atoms with Crippen LogP contribution in [0.15, 0.2) is 16.3 Å². The van der Waals surface area contributed by atoms with Gasteiger partial charge in [0.25, 0.3) is 10.0 Å². The van der Waals surface area contributed by atoms with Crippen LogP contribution in [-0.2, 0) is 16.4 Å². The second-order valence-corrected chi connectivity index (χ2v) is 6.87. The van der Waals surface area contributed by atoms with Gasteiger partial charge in [0.1, 0.15) is 4.21 Å². The number of sulfonamides is 1. The molecule has 0 aliphatic carbocycles. The number of hydrogen-bond acceptors (Lipinski definition) is 5. The number of hydrogen-bond donors (Lipinski definition) is 3. The van der Waals surface area contributed by atoms with Gasteiger partial charge in [-0.15, -0.1) is 11.3 Å². The number of nitrogen functional groups attached to an aromatic ring is 1. The summed E-state index contributed by atoms with van der Waals surface area (Å²) in [6.45, 7) is 3.70. The van der Waals surface area contributed by atoms with Crippen molar-refractivity contribution in [2.75, 3.05) is 10.5 Å². The van der Waals surface area contributed by atoms with E-state index in [9.17, 15) is 8.42 Å². The molecule has 0 fully saturated rings. The van der Waals surface area contributed by atoms with Crippen LogP contribution in [0.1, 0.15) is 17.5 Å².